The van der Waals surface area contributed by atoms with Gasteiger partial charge in [-0.25, -0.2) is 4.79 Å². The van der Waals surface area contributed by atoms with E-state index < -0.39 is 0 Å². The molecule has 0 fully saturated rings. The standard InChI is InChI=1S/C20H23N3O3/c1-22(12-13-26-2)20(25)21-17-8-5-7-16(14-17)19(24)23-11-10-15-6-3-4-9-18(15)23/h3-9,14H,10-13H2,1-2H3,(H,21,25). The molecular weight excluding hydrogens is 330 g/mol. The van der Waals surface area contributed by atoms with Crippen LogP contribution in [-0.2, 0) is 11.2 Å². The van der Waals surface area contributed by atoms with Crippen LogP contribution in [0.2, 0.25) is 0 Å². The van der Waals surface area contributed by atoms with Gasteiger partial charge in [0.05, 0.1) is 6.61 Å². The van der Waals surface area contributed by atoms with Crippen LogP contribution in [0.5, 0.6) is 0 Å². The predicted molar refractivity (Wildman–Crippen MR) is 102 cm³/mol. The van der Waals surface area contributed by atoms with Gasteiger partial charge in [-0.2, -0.15) is 0 Å². The molecule has 26 heavy (non-hydrogen) atoms. The van der Waals surface area contributed by atoms with Crippen molar-refractivity contribution in [3.05, 3.63) is 59.7 Å². The van der Waals surface area contributed by atoms with Gasteiger partial charge >= 0.3 is 6.03 Å². The second-order valence-corrected chi connectivity index (χ2v) is 6.26. The first-order chi connectivity index (χ1) is 12.6. The highest BCUT2D eigenvalue weighted by molar-refractivity contribution is 6.08. The Morgan fingerprint density at radius 3 is 2.81 bits per heavy atom. The van der Waals surface area contributed by atoms with Crippen LogP contribution in [0.3, 0.4) is 0 Å². The van der Waals surface area contributed by atoms with E-state index in [4.69, 9.17) is 4.74 Å². The van der Waals surface area contributed by atoms with Gasteiger partial charge in [-0.1, -0.05) is 24.3 Å². The molecule has 1 N–H and O–H groups in total. The summed E-state index contributed by atoms with van der Waals surface area (Å²) < 4.78 is 4.98. The van der Waals surface area contributed by atoms with Gasteiger partial charge in [-0.3, -0.25) is 4.79 Å². The molecule has 0 aliphatic carbocycles. The van der Waals surface area contributed by atoms with E-state index in [-0.39, 0.29) is 11.9 Å². The minimum absolute atomic E-state index is 0.0567. The van der Waals surface area contributed by atoms with Gasteiger partial charge in [0.25, 0.3) is 5.91 Å². The lowest BCUT2D eigenvalue weighted by Crippen LogP contribution is -2.34. The van der Waals surface area contributed by atoms with Crippen LogP contribution in [0, 0.1) is 0 Å². The molecule has 6 heteroatoms. The summed E-state index contributed by atoms with van der Waals surface area (Å²) in [5.74, 6) is -0.0567. The maximum absolute atomic E-state index is 12.9. The van der Waals surface area contributed by atoms with Crippen molar-refractivity contribution in [1.82, 2.24) is 4.90 Å². The summed E-state index contributed by atoms with van der Waals surface area (Å²) in [6, 6.07) is 14.7. The van der Waals surface area contributed by atoms with E-state index in [0.717, 1.165) is 12.1 Å². The molecule has 2 aromatic carbocycles. The highest BCUT2D eigenvalue weighted by atomic mass is 16.5. The molecule has 0 bridgehead atoms. The summed E-state index contributed by atoms with van der Waals surface area (Å²) in [5.41, 5.74) is 3.30. The second kappa shape index (κ2) is 8.01. The van der Waals surface area contributed by atoms with E-state index in [1.54, 1.807) is 43.3 Å². The molecular formula is C20H23N3O3. The summed E-state index contributed by atoms with van der Waals surface area (Å²) in [6.07, 6.45) is 0.864. The van der Waals surface area contributed by atoms with E-state index in [2.05, 4.69) is 11.4 Å². The van der Waals surface area contributed by atoms with Crippen LogP contribution in [0.4, 0.5) is 16.2 Å². The van der Waals surface area contributed by atoms with E-state index in [0.29, 0.717) is 30.9 Å². The number of hydrogen-bond acceptors (Lipinski definition) is 3. The molecule has 0 atom stereocenters. The van der Waals surface area contributed by atoms with Gasteiger partial charge in [0.15, 0.2) is 0 Å². The summed E-state index contributed by atoms with van der Waals surface area (Å²) >= 11 is 0. The molecule has 0 radical (unpaired) electrons. The highest BCUT2D eigenvalue weighted by Gasteiger charge is 2.25. The van der Waals surface area contributed by atoms with Crippen LogP contribution < -0.4 is 10.2 Å². The molecule has 0 unspecified atom stereocenters. The Morgan fingerprint density at radius 1 is 1.19 bits per heavy atom. The Hall–Kier alpha value is -2.86. The van der Waals surface area contributed by atoms with E-state index >= 15 is 0 Å². The van der Waals surface area contributed by atoms with Crippen molar-refractivity contribution in [2.75, 3.05) is 44.1 Å². The highest BCUT2D eigenvalue weighted by Crippen LogP contribution is 2.29. The molecule has 0 saturated heterocycles. The number of likely N-dealkylation sites (N-methyl/N-ethyl adjacent to an activating group) is 1. The number of nitrogens with zero attached hydrogens (tertiary/aromatic N) is 2. The number of carbonyl (C=O) groups excluding carboxylic acids is 2. The van der Waals surface area contributed by atoms with Gasteiger partial charge in [-0.05, 0) is 36.2 Å². The minimum atomic E-state index is -0.238. The van der Waals surface area contributed by atoms with Crippen LogP contribution in [0.1, 0.15) is 15.9 Å². The van der Waals surface area contributed by atoms with Crippen molar-refractivity contribution in [3.8, 4) is 0 Å². The maximum Gasteiger partial charge on any atom is 0.321 e. The number of amides is 3. The largest absolute Gasteiger partial charge is 0.383 e. The number of carbonyl (C=O) groups is 2. The number of ether oxygens (including phenoxy) is 1. The lowest BCUT2D eigenvalue weighted by atomic mass is 10.1. The van der Waals surface area contributed by atoms with E-state index in [9.17, 15) is 9.59 Å². The Morgan fingerprint density at radius 2 is 2.00 bits per heavy atom. The lowest BCUT2D eigenvalue weighted by Gasteiger charge is -2.19. The van der Waals surface area contributed by atoms with Gasteiger partial charge in [0.1, 0.15) is 0 Å². The molecule has 3 amide bonds. The quantitative estimate of drug-likeness (QED) is 0.899. The Kier molecular flexibility index (Phi) is 5.53. The number of urea groups is 1. The van der Waals surface area contributed by atoms with Gasteiger partial charge in [0.2, 0.25) is 0 Å². The average molecular weight is 353 g/mol. The Bertz CT molecular complexity index is 806. The number of benzene rings is 2. The zero-order valence-electron chi connectivity index (χ0n) is 15.1. The number of nitrogens with one attached hydrogen (secondary N) is 1. The first-order valence-electron chi connectivity index (χ1n) is 8.61. The molecule has 1 aliphatic heterocycles. The van der Waals surface area contributed by atoms with Crippen molar-refractivity contribution in [2.24, 2.45) is 0 Å². The monoisotopic (exact) mass is 353 g/mol. The smallest absolute Gasteiger partial charge is 0.321 e. The van der Waals surface area contributed by atoms with Crippen molar-refractivity contribution >= 4 is 23.3 Å². The third-order valence-electron chi connectivity index (χ3n) is 4.47. The third-order valence-corrected chi connectivity index (χ3v) is 4.47. The predicted octanol–water partition coefficient (Wildman–Crippen LogP) is 3.00. The summed E-state index contributed by atoms with van der Waals surface area (Å²) in [6.45, 7) is 1.64. The fourth-order valence-corrected chi connectivity index (χ4v) is 2.98. The zero-order chi connectivity index (χ0) is 18.5. The summed E-state index contributed by atoms with van der Waals surface area (Å²) in [7, 11) is 3.29. The Labute approximate surface area is 153 Å². The first kappa shape index (κ1) is 17.9. The SMILES string of the molecule is COCCN(C)C(=O)Nc1cccc(C(=O)N2CCc3ccccc32)c1. The minimum Gasteiger partial charge on any atom is -0.383 e. The van der Waals surface area contributed by atoms with Gasteiger partial charge < -0.3 is 19.9 Å². The van der Waals surface area contributed by atoms with E-state index in [1.165, 1.54) is 10.5 Å². The van der Waals surface area contributed by atoms with E-state index in [1.807, 2.05) is 18.2 Å². The van der Waals surface area contributed by atoms with Crippen LogP contribution in [-0.4, -0.2) is 50.7 Å². The fraction of sp³-hybridized carbons (Fsp3) is 0.300. The molecule has 136 valence electrons. The van der Waals surface area contributed by atoms with Crippen molar-refractivity contribution in [1.29, 1.82) is 0 Å². The zero-order valence-corrected chi connectivity index (χ0v) is 15.1. The average Bonchev–Trinajstić information content (AvgIpc) is 3.09. The van der Waals surface area contributed by atoms with Crippen LogP contribution in [0.25, 0.3) is 0 Å². The molecule has 6 nitrogen and oxygen atoms in total. The molecule has 0 spiro atoms. The number of fused-ring (bicyclic) bond motifs is 1. The van der Waals surface area contributed by atoms with Gasteiger partial charge in [0, 0.05) is 44.2 Å². The second-order valence-electron chi connectivity index (χ2n) is 6.26. The normalized spacial score (nSPS) is 12.6. The third kappa shape index (κ3) is 3.86. The summed E-state index contributed by atoms with van der Waals surface area (Å²) in [5, 5.41) is 2.82. The molecule has 1 heterocycles. The number of methoxy groups -OCH3 is 1. The van der Waals surface area contributed by atoms with Crippen molar-refractivity contribution < 1.29 is 14.3 Å². The number of hydrogen-bond donors (Lipinski definition) is 1. The Balaban J connectivity index is 1.71. The molecule has 0 saturated carbocycles. The summed E-state index contributed by atoms with van der Waals surface area (Å²) in [4.78, 5) is 28.4. The number of rotatable bonds is 5. The molecule has 0 aromatic heterocycles. The van der Waals surface area contributed by atoms with Crippen LogP contribution in [0.15, 0.2) is 48.5 Å². The lowest BCUT2D eigenvalue weighted by molar-refractivity contribution is 0.0989. The van der Waals surface area contributed by atoms with Gasteiger partial charge in [-0.15, -0.1) is 0 Å². The molecule has 2 aromatic rings. The number of anilines is 2. The van der Waals surface area contributed by atoms with Crippen LogP contribution >= 0.6 is 0 Å². The fourth-order valence-electron chi connectivity index (χ4n) is 2.98. The maximum atomic E-state index is 12.9. The first-order valence-corrected chi connectivity index (χ1v) is 8.61. The molecule has 3 rings (SSSR count). The van der Waals surface area contributed by atoms with Crippen molar-refractivity contribution in [2.45, 2.75) is 6.42 Å². The topological polar surface area (TPSA) is 61.9 Å². The van der Waals surface area contributed by atoms with Crippen molar-refractivity contribution in [3.63, 3.8) is 0 Å². The molecule has 1 aliphatic rings. The number of para-hydroxylation sites is 1.